The van der Waals surface area contributed by atoms with Gasteiger partial charge in [-0.25, -0.2) is 4.98 Å². The molecule has 0 amide bonds. The Hall–Kier alpha value is -2.21. The summed E-state index contributed by atoms with van der Waals surface area (Å²) >= 11 is 1.39. The number of hydrogen-bond donors (Lipinski definition) is 0. The fraction of sp³-hybridized carbons (Fsp3) is 0.368. The lowest BCUT2D eigenvalue weighted by Gasteiger charge is -2.09. The third-order valence-electron chi connectivity index (χ3n) is 4.41. The Bertz CT molecular complexity index is 902. The Morgan fingerprint density at radius 3 is 2.60 bits per heavy atom. The molecule has 2 aromatic heterocycles. The first-order chi connectivity index (χ1) is 12.0. The predicted octanol–water partition coefficient (Wildman–Crippen LogP) is 4.23. The number of Topliss-reactive ketones (excluding diaryl/α,β-unsaturated/α-hetero) is 1. The number of ketones is 1. The molecular weight excluding hydrogens is 332 g/mol. The molecule has 3 aromatic rings. The second-order valence-electron chi connectivity index (χ2n) is 6.30. The van der Waals surface area contributed by atoms with Crippen LogP contribution in [0.1, 0.15) is 53.5 Å². The topological polar surface area (TPSA) is 60.2 Å². The van der Waals surface area contributed by atoms with E-state index >= 15 is 0 Å². The van der Waals surface area contributed by atoms with E-state index in [1.807, 2.05) is 36.4 Å². The van der Waals surface area contributed by atoms with Crippen molar-refractivity contribution in [1.82, 2.24) is 19.6 Å². The van der Waals surface area contributed by atoms with Gasteiger partial charge in [0.15, 0.2) is 10.9 Å². The van der Waals surface area contributed by atoms with Crippen LogP contribution in [0, 0.1) is 13.8 Å². The second-order valence-corrected chi connectivity index (χ2v) is 7.24. The van der Waals surface area contributed by atoms with Gasteiger partial charge in [-0.15, -0.1) is 10.2 Å². The first-order valence-corrected chi connectivity index (χ1v) is 9.43. The molecular formula is C19H22N4OS. The van der Waals surface area contributed by atoms with Crippen molar-refractivity contribution in [3.8, 4) is 0 Å². The minimum atomic E-state index is 0.0928. The van der Waals surface area contributed by atoms with E-state index in [-0.39, 0.29) is 5.78 Å². The smallest absolute Gasteiger partial charge is 0.256 e. The largest absolute Gasteiger partial charge is 0.293 e. The highest BCUT2D eigenvalue weighted by Gasteiger charge is 2.13. The van der Waals surface area contributed by atoms with Gasteiger partial charge in [-0.1, -0.05) is 49.9 Å². The number of benzene rings is 1. The molecule has 0 saturated heterocycles. The molecule has 0 fully saturated rings. The van der Waals surface area contributed by atoms with Crippen molar-refractivity contribution in [3.63, 3.8) is 0 Å². The van der Waals surface area contributed by atoms with Crippen LogP contribution in [0.5, 0.6) is 0 Å². The number of carbonyl (C=O) groups is 1. The molecule has 25 heavy (non-hydrogen) atoms. The van der Waals surface area contributed by atoms with E-state index in [1.165, 1.54) is 17.3 Å². The summed E-state index contributed by atoms with van der Waals surface area (Å²) < 4.78 is 1.89. The fourth-order valence-corrected chi connectivity index (χ4v) is 3.62. The van der Waals surface area contributed by atoms with Crippen LogP contribution in [0.3, 0.4) is 0 Å². The zero-order valence-electron chi connectivity index (χ0n) is 15.0. The highest BCUT2D eigenvalue weighted by Crippen LogP contribution is 2.22. The van der Waals surface area contributed by atoms with Crippen molar-refractivity contribution < 1.29 is 4.79 Å². The quantitative estimate of drug-likeness (QED) is 0.490. The van der Waals surface area contributed by atoms with Crippen LogP contribution >= 0.6 is 11.8 Å². The summed E-state index contributed by atoms with van der Waals surface area (Å²) in [6.45, 7) is 8.29. The normalized spacial score (nSPS) is 12.5. The number of hydrogen-bond acceptors (Lipinski definition) is 5. The second kappa shape index (κ2) is 7.35. The van der Waals surface area contributed by atoms with Crippen molar-refractivity contribution in [1.29, 1.82) is 0 Å². The van der Waals surface area contributed by atoms with Crippen LogP contribution in [0.15, 0.2) is 35.5 Å². The molecule has 0 radical (unpaired) electrons. The molecule has 0 aliphatic carbocycles. The lowest BCUT2D eigenvalue weighted by molar-refractivity contribution is 0.102. The lowest BCUT2D eigenvalue weighted by atomic mass is 9.97. The summed E-state index contributed by atoms with van der Waals surface area (Å²) in [5, 5.41) is 8.97. The van der Waals surface area contributed by atoms with Gasteiger partial charge >= 0.3 is 0 Å². The van der Waals surface area contributed by atoms with Crippen molar-refractivity contribution in [3.05, 3.63) is 52.8 Å². The van der Waals surface area contributed by atoms with Gasteiger partial charge in [-0.05, 0) is 37.8 Å². The predicted molar refractivity (Wildman–Crippen MR) is 100 cm³/mol. The fourth-order valence-electron chi connectivity index (χ4n) is 2.74. The van der Waals surface area contributed by atoms with Gasteiger partial charge in [0.1, 0.15) is 0 Å². The third kappa shape index (κ3) is 3.74. The number of aryl methyl sites for hydroxylation is 2. The molecule has 130 valence electrons. The van der Waals surface area contributed by atoms with Gasteiger partial charge < -0.3 is 0 Å². The lowest BCUT2D eigenvalue weighted by Crippen LogP contribution is -2.04. The Balaban J connectivity index is 1.72. The summed E-state index contributed by atoms with van der Waals surface area (Å²) in [6.07, 6.45) is 1.09. The van der Waals surface area contributed by atoms with E-state index in [2.05, 4.69) is 41.2 Å². The number of carbonyl (C=O) groups excluding carboxylic acids is 1. The summed E-state index contributed by atoms with van der Waals surface area (Å²) in [5.41, 5.74) is 3.93. The van der Waals surface area contributed by atoms with Crippen LogP contribution < -0.4 is 0 Å². The maximum atomic E-state index is 12.5. The molecule has 1 aromatic carbocycles. The van der Waals surface area contributed by atoms with Gasteiger partial charge in [0.05, 0.1) is 5.75 Å². The molecule has 0 saturated carbocycles. The van der Waals surface area contributed by atoms with E-state index in [0.717, 1.165) is 23.4 Å². The minimum Gasteiger partial charge on any atom is -0.293 e. The monoisotopic (exact) mass is 354 g/mol. The van der Waals surface area contributed by atoms with Gasteiger partial charge in [-0.2, -0.15) is 0 Å². The maximum Gasteiger partial charge on any atom is 0.256 e. The molecule has 0 N–H and O–H groups in total. The SMILES string of the molecule is CC[C@@H](C)c1ccc(C(=O)CSc2nnc3nc(C)cc(C)n23)cc1. The van der Waals surface area contributed by atoms with Crippen LogP contribution in [0.2, 0.25) is 0 Å². The Kier molecular flexibility index (Phi) is 5.18. The molecule has 5 nitrogen and oxygen atoms in total. The standard InChI is InChI=1S/C19H22N4OS/c1-5-12(2)15-6-8-16(9-7-15)17(24)11-25-19-22-21-18-20-13(3)10-14(4)23(18)19/h6-10,12H,5,11H2,1-4H3/t12-/m1/s1. The Morgan fingerprint density at radius 2 is 1.92 bits per heavy atom. The van der Waals surface area contributed by atoms with Crippen LogP contribution in [-0.4, -0.2) is 31.1 Å². The highest BCUT2D eigenvalue weighted by molar-refractivity contribution is 7.99. The molecule has 0 bridgehead atoms. The van der Waals surface area contributed by atoms with Crippen molar-refractivity contribution in [2.75, 3.05) is 5.75 Å². The third-order valence-corrected chi connectivity index (χ3v) is 5.34. The van der Waals surface area contributed by atoms with E-state index < -0.39 is 0 Å². The molecule has 0 aliphatic heterocycles. The number of rotatable bonds is 6. The van der Waals surface area contributed by atoms with Gasteiger partial charge in [-0.3, -0.25) is 9.20 Å². The van der Waals surface area contributed by atoms with Crippen LogP contribution in [0.25, 0.3) is 5.78 Å². The van der Waals surface area contributed by atoms with Gasteiger partial charge in [0.2, 0.25) is 0 Å². The molecule has 0 unspecified atom stereocenters. The van der Waals surface area contributed by atoms with E-state index in [4.69, 9.17) is 0 Å². The van der Waals surface area contributed by atoms with Gasteiger partial charge in [0.25, 0.3) is 5.78 Å². The number of nitrogens with zero attached hydrogens (tertiary/aromatic N) is 4. The molecule has 0 aliphatic rings. The van der Waals surface area contributed by atoms with E-state index in [1.54, 1.807) is 0 Å². The van der Waals surface area contributed by atoms with Crippen molar-refractivity contribution >= 4 is 23.3 Å². The zero-order chi connectivity index (χ0) is 18.0. The molecule has 1 atom stereocenters. The molecule has 2 heterocycles. The molecule has 6 heteroatoms. The van der Waals surface area contributed by atoms with Crippen molar-refractivity contribution in [2.24, 2.45) is 0 Å². The average molecular weight is 354 g/mol. The summed E-state index contributed by atoms with van der Waals surface area (Å²) in [5.74, 6) is 1.51. The van der Waals surface area contributed by atoms with Crippen LogP contribution in [0.4, 0.5) is 0 Å². The first kappa shape index (κ1) is 17.6. The summed E-state index contributed by atoms with van der Waals surface area (Å²) in [4.78, 5) is 16.8. The molecule has 0 spiro atoms. The zero-order valence-corrected chi connectivity index (χ0v) is 15.8. The Labute approximate surface area is 151 Å². The van der Waals surface area contributed by atoms with E-state index in [0.29, 0.717) is 22.6 Å². The summed E-state index contributed by atoms with van der Waals surface area (Å²) in [6, 6.07) is 9.92. The van der Waals surface area contributed by atoms with Crippen LogP contribution in [-0.2, 0) is 0 Å². The van der Waals surface area contributed by atoms with Gasteiger partial charge in [0, 0.05) is 17.0 Å². The molecule has 3 rings (SSSR count). The summed E-state index contributed by atoms with van der Waals surface area (Å²) in [7, 11) is 0. The highest BCUT2D eigenvalue weighted by atomic mass is 32.2. The number of fused-ring (bicyclic) bond motifs is 1. The van der Waals surface area contributed by atoms with E-state index in [9.17, 15) is 4.79 Å². The Morgan fingerprint density at radius 1 is 1.20 bits per heavy atom. The first-order valence-electron chi connectivity index (χ1n) is 8.45. The number of thioether (sulfide) groups is 1. The minimum absolute atomic E-state index is 0.0928. The van der Waals surface area contributed by atoms with Crippen molar-refractivity contribution in [2.45, 2.75) is 45.2 Å². The average Bonchev–Trinajstić information content (AvgIpc) is 3.02. The number of aromatic nitrogens is 4. The maximum absolute atomic E-state index is 12.5.